The van der Waals surface area contributed by atoms with Crippen LogP contribution >= 0.6 is 0 Å². The van der Waals surface area contributed by atoms with Gasteiger partial charge in [-0.1, -0.05) is 39.8 Å². The minimum absolute atomic E-state index is 0.153. The van der Waals surface area contributed by atoms with Gasteiger partial charge in [0, 0.05) is 18.2 Å². The van der Waals surface area contributed by atoms with Gasteiger partial charge in [-0.05, 0) is 23.6 Å². The number of rotatable bonds is 1. The quantitative estimate of drug-likeness (QED) is 0.783. The van der Waals surface area contributed by atoms with Crippen LogP contribution in [0.1, 0.15) is 44.9 Å². The number of hydrogen-bond donors (Lipinski definition) is 1. The molecule has 0 amide bonds. The Hall–Kier alpha value is -1.02. The molecule has 1 atom stereocenters. The Bertz CT molecular complexity index is 392. The molecule has 2 heteroatoms. The van der Waals surface area contributed by atoms with Crippen molar-refractivity contribution in [3.05, 3.63) is 29.3 Å². The van der Waals surface area contributed by atoms with Gasteiger partial charge >= 0.3 is 0 Å². The van der Waals surface area contributed by atoms with Crippen LogP contribution in [0.2, 0.25) is 0 Å². The second-order valence-corrected chi connectivity index (χ2v) is 5.68. The van der Waals surface area contributed by atoms with Crippen LogP contribution < -0.4 is 0 Å². The topological polar surface area (TPSA) is 23.5 Å². The summed E-state index contributed by atoms with van der Waals surface area (Å²) in [5.41, 5.74) is 2.57. The van der Waals surface area contributed by atoms with E-state index < -0.39 is 0 Å². The molecule has 0 saturated heterocycles. The molecule has 1 aliphatic heterocycles. The van der Waals surface area contributed by atoms with E-state index in [1.807, 2.05) is 6.07 Å². The van der Waals surface area contributed by atoms with Crippen LogP contribution in [0, 0.1) is 5.41 Å². The highest BCUT2D eigenvalue weighted by Gasteiger charge is 2.39. The van der Waals surface area contributed by atoms with E-state index in [9.17, 15) is 5.11 Å². The van der Waals surface area contributed by atoms with Crippen molar-refractivity contribution in [1.82, 2.24) is 4.90 Å². The molecule has 1 aliphatic rings. The van der Waals surface area contributed by atoms with Gasteiger partial charge in [-0.25, -0.2) is 0 Å². The van der Waals surface area contributed by atoms with Crippen LogP contribution in [0.15, 0.2) is 18.2 Å². The minimum Gasteiger partial charge on any atom is -0.508 e. The smallest absolute Gasteiger partial charge is 0.120 e. The average Bonchev–Trinajstić information content (AvgIpc) is 2.57. The first-order chi connectivity index (χ1) is 7.45. The third kappa shape index (κ3) is 1.71. The molecule has 0 spiro atoms. The van der Waals surface area contributed by atoms with E-state index in [0.717, 1.165) is 18.7 Å². The van der Waals surface area contributed by atoms with Gasteiger partial charge in [-0.3, -0.25) is 4.90 Å². The Morgan fingerprint density at radius 1 is 1.38 bits per heavy atom. The largest absolute Gasteiger partial charge is 0.508 e. The second-order valence-electron chi connectivity index (χ2n) is 5.68. The SMILES string of the molecule is CCN1Cc2cccc(O)c2C1C(C)(C)C. The van der Waals surface area contributed by atoms with Crippen LogP contribution in [-0.4, -0.2) is 16.6 Å². The van der Waals surface area contributed by atoms with E-state index in [4.69, 9.17) is 0 Å². The third-order valence-electron chi connectivity index (χ3n) is 3.41. The van der Waals surface area contributed by atoms with E-state index in [1.165, 1.54) is 5.56 Å². The van der Waals surface area contributed by atoms with Gasteiger partial charge in [0.25, 0.3) is 0 Å². The molecule has 1 N–H and O–H groups in total. The van der Waals surface area contributed by atoms with Crippen molar-refractivity contribution in [3.63, 3.8) is 0 Å². The molecule has 0 bridgehead atoms. The average molecular weight is 219 g/mol. The van der Waals surface area contributed by atoms with Crippen LogP contribution in [0.5, 0.6) is 5.75 Å². The van der Waals surface area contributed by atoms with Crippen molar-refractivity contribution >= 4 is 0 Å². The number of phenolic OH excluding ortho intramolecular Hbond substituents is 1. The fraction of sp³-hybridized carbons (Fsp3) is 0.571. The highest BCUT2D eigenvalue weighted by atomic mass is 16.3. The lowest BCUT2D eigenvalue weighted by molar-refractivity contribution is 0.117. The Kier molecular flexibility index (Phi) is 2.70. The molecule has 88 valence electrons. The van der Waals surface area contributed by atoms with Gasteiger partial charge in [0.15, 0.2) is 0 Å². The number of phenols is 1. The maximum absolute atomic E-state index is 10.1. The maximum atomic E-state index is 10.1. The van der Waals surface area contributed by atoms with E-state index in [0.29, 0.717) is 11.8 Å². The predicted octanol–water partition coefficient (Wildman–Crippen LogP) is 3.31. The molecule has 0 aromatic heterocycles. The van der Waals surface area contributed by atoms with Gasteiger partial charge in [0.05, 0.1) is 0 Å². The van der Waals surface area contributed by atoms with E-state index in [1.54, 1.807) is 6.07 Å². The molecule has 16 heavy (non-hydrogen) atoms. The monoisotopic (exact) mass is 219 g/mol. The molecular formula is C14H21NO. The number of nitrogens with zero attached hydrogens (tertiary/aromatic N) is 1. The van der Waals surface area contributed by atoms with E-state index in [2.05, 4.69) is 38.7 Å². The Balaban J connectivity index is 2.52. The van der Waals surface area contributed by atoms with Crippen molar-refractivity contribution in [2.24, 2.45) is 5.41 Å². The van der Waals surface area contributed by atoms with Crippen LogP contribution in [0.4, 0.5) is 0 Å². The first-order valence-corrected chi connectivity index (χ1v) is 6.00. The third-order valence-corrected chi connectivity index (χ3v) is 3.41. The standard InChI is InChI=1S/C14H21NO/c1-5-15-9-10-7-6-8-11(16)12(10)13(15)14(2,3)4/h6-8,13,16H,5,9H2,1-4H3. The molecular weight excluding hydrogens is 198 g/mol. The first kappa shape index (κ1) is 11.5. The van der Waals surface area contributed by atoms with Gasteiger partial charge in [0.1, 0.15) is 5.75 Å². The van der Waals surface area contributed by atoms with Gasteiger partial charge < -0.3 is 5.11 Å². The lowest BCUT2D eigenvalue weighted by atomic mass is 9.82. The Labute approximate surface area is 97.9 Å². The summed E-state index contributed by atoms with van der Waals surface area (Å²) in [7, 11) is 0. The normalized spacial score (nSPS) is 21.1. The van der Waals surface area contributed by atoms with Gasteiger partial charge in [-0.15, -0.1) is 0 Å². The van der Waals surface area contributed by atoms with Crippen molar-refractivity contribution in [3.8, 4) is 5.75 Å². The number of hydrogen-bond acceptors (Lipinski definition) is 2. The predicted molar refractivity (Wildman–Crippen MR) is 66.4 cm³/mol. The summed E-state index contributed by atoms with van der Waals surface area (Å²) < 4.78 is 0. The van der Waals surface area contributed by atoms with Crippen molar-refractivity contribution in [2.75, 3.05) is 6.54 Å². The Morgan fingerprint density at radius 2 is 2.06 bits per heavy atom. The molecule has 0 fully saturated rings. The summed E-state index contributed by atoms with van der Waals surface area (Å²) in [6.07, 6.45) is 0. The molecule has 1 heterocycles. The molecule has 0 radical (unpaired) electrons. The highest BCUT2D eigenvalue weighted by molar-refractivity contribution is 5.45. The second kappa shape index (κ2) is 3.77. The van der Waals surface area contributed by atoms with Crippen molar-refractivity contribution in [2.45, 2.75) is 40.3 Å². The summed E-state index contributed by atoms with van der Waals surface area (Å²) in [4.78, 5) is 2.43. The zero-order chi connectivity index (χ0) is 11.9. The van der Waals surface area contributed by atoms with Gasteiger partial charge in [0.2, 0.25) is 0 Å². The van der Waals surface area contributed by atoms with Crippen LogP contribution in [0.25, 0.3) is 0 Å². The van der Waals surface area contributed by atoms with Crippen molar-refractivity contribution < 1.29 is 5.11 Å². The molecule has 1 unspecified atom stereocenters. The summed E-state index contributed by atoms with van der Waals surface area (Å²) in [6.45, 7) is 10.9. The summed E-state index contributed by atoms with van der Waals surface area (Å²) in [5, 5.41) is 10.1. The first-order valence-electron chi connectivity index (χ1n) is 6.00. The zero-order valence-electron chi connectivity index (χ0n) is 10.6. The fourth-order valence-electron chi connectivity index (χ4n) is 2.82. The molecule has 0 saturated carbocycles. The van der Waals surface area contributed by atoms with E-state index >= 15 is 0 Å². The van der Waals surface area contributed by atoms with Crippen LogP contribution in [0.3, 0.4) is 0 Å². The number of fused-ring (bicyclic) bond motifs is 1. The lowest BCUT2D eigenvalue weighted by Crippen LogP contribution is -2.31. The lowest BCUT2D eigenvalue weighted by Gasteiger charge is -2.35. The molecule has 2 nitrogen and oxygen atoms in total. The zero-order valence-corrected chi connectivity index (χ0v) is 10.6. The number of aromatic hydroxyl groups is 1. The fourth-order valence-corrected chi connectivity index (χ4v) is 2.82. The summed E-state index contributed by atoms with van der Waals surface area (Å²) in [5.74, 6) is 0.452. The summed E-state index contributed by atoms with van der Waals surface area (Å²) in [6, 6.07) is 6.20. The van der Waals surface area contributed by atoms with Crippen LogP contribution in [-0.2, 0) is 6.54 Å². The maximum Gasteiger partial charge on any atom is 0.120 e. The molecule has 1 aromatic rings. The minimum atomic E-state index is 0.153. The molecule has 2 rings (SSSR count). The Morgan fingerprint density at radius 3 is 2.62 bits per heavy atom. The summed E-state index contributed by atoms with van der Waals surface area (Å²) >= 11 is 0. The highest BCUT2D eigenvalue weighted by Crippen LogP contribution is 2.47. The number of benzene rings is 1. The van der Waals surface area contributed by atoms with Crippen molar-refractivity contribution in [1.29, 1.82) is 0 Å². The van der Waals surface area contributed by atoms with Gasteiger partial charge in [-0.2, -0.15) is 0 Å². The molecule has 1 aromatic carbocycles. The van der Waals surface area contributed by atoms with E-state index in [-0.39, 0.29) is 5.41 Å². The molecule has 0 aliphatic carbocycles.